The van der Waals surface area contributed by atoms with Gasteiger partial charge in [-0.15, -0.1) is 0 Å². The molecule has 1 rings (SSSR count). The summed E-state index contributed by atoms with van der Waals surface area (Å²) in [6, 6.07) is 0. The molecule has 0 saturated heterocycles. The van der Waals surface area contributed by atoms with E-state index in [2.05, 4.69) is 0 Å². The Morgan fingerprint density at radius 3 is 2.57 bits per heavy atom. The standard InChI is InChI=1S/C11H16O3/c1-11(2,3)14-10(13)8-4-6-9(12)7-5-8/h4,6,8H,5,7H2,1-3H3. The minimum atomic E-state index is -0.452. The van der Waals surface area contributed by atoms with Crippen molar-refractivity contribution >= 4 is 11.8 Å². The zero-order chi connectivity index (χ0) is 10.8. The highest BCUT2D eigenvalue weighted by Gasteiger charge is 2.25. The molecule has 0 bridgehead atoms. The average molecular weight is 196 g/mol. The van der Waals surface area contributed by atoms with Crippen LogP contribution in [-0.4, -0.2) is 17.4 Å². The number of rotatable bonds is 1. The summed E-state index contributed by atoms with van der Waals surface area (Å²) in [5, 5.41) is 0. The number of esters is 1. The molecule has 0 aromatic rings. The SMILES string of the molecule is CC(C)(C)OC(=O)C1C=CC(=O)CC1. The first-order valence-electron chi connectivity index (χ1n) is 4.82. The quantitative estimate of drug-likeness (QED) is 0.601. The van der Waals surface area contributed by atoms with E-state index in [9.17, 15) is 9.59 Å². The van der Waals surface area contributed by atoms with E-state index >= 15 is 0 Å². The lowest BCUT2D eigenvalue weighted by Crippen LogP contribution is -2.29. The molecule has 3 heteroatoms. The number of ketones is 1. The third-order valence-corrected chi connectivity index (χ3v) is 1.93. The van der Waals surface area contributed by atoms with Gasteiger partial charge in [0.25, 0.3) is 0 Å². The summed E-state index contributed by atoms with van der Waals surface area (Å²) < 4.78 is 5.21. The van der Waals surface area contributed by atoms with Crippen LogP contribution in [0, 0.1) is 5.92 Å². The zero-order valence-corrected chi connectivity index (χ0v) is 8.87. The van der Waals surface area contributed by atoms with Gasteiger partial charge >= 0.3 is 5.97 Å². The van der Waals surface area contributed by atoms with E-state index in [0.717, 1.165) is 0 Å². The van der Waals surface area contributed by atoms with Crippen molar-refractivity contribution in [3.05, 3.63) is 12.2 Å². The molecule has 0 saturated carbocycles. The van der Waals surface area contributed by atoms with E-state index < -0.39 is 5.60 Å². The van der Waals surface area contributed by atoms with Gasteiger partial charge < -0.3 is 4.74 Å². The van der Waals surface area contributed by atoms with E-state index in [1.165, 1.54) is 6.08 Å². The second-order valence-electron chi connectivity index (χ2n) is 4.50. The van der Waals surface area contributed by atoms with Crippen LogP contribution >= 0.6 is 0 Å². The van der Waals surface area contributed by atoms with Crippen LogP contribution in [0.3, 0.4) is 0 Å². The summed E-state index contributed by atoms with van der Waals surface area (Å²) in [4.78, 5) is 22.4. The Kier molecular flexibility index (Phi) is 3.09. The number of hydrogen-bond donors (Lipinski definition) is 0. The Balaban J connectivity index is 2.54. The van der Waals surface area contributed by atoms with Crippen molar-refractivity contribution in [2.75, 3.05) is 0 Å². The van der Waals surface area contributed by atoms with Crippen LogP contribution in [0.5, 0.6) is 0 Å². The van der Waals surface area contributed by atoms with E-state index in [1.807, 2.05) is 20.8 Å². The predicted octanol–water partition coefficient (Wildman–Crippen LogP) is 1.86. The molecule has 1 aliphatic carbocycles. The maximum Gasteiger partial charge on any atom is 0.313 e. The topological polar surface area (TPSA) is 43.4 Å². The molecule has 1 unspecified atom stereocenters. The van der Waals surface area contributed by atoms with Crippen molar-refractivity contribution < 1.29 is 14.3 Å². The number of hydrogen-bond acceptors (Lipinski definition) is 3. The largest absolute Gasteiger partial charge is 0.460 e. The Morgan fingerprint density at radius 1 is 1.50 bits per heavy atom. The molecule has 78 valence electrons. The van der Waals surface area contributed by atoms with E-state index in [-0.39, 0.29) is 17.7 Å². The third kappa shape index (κ3) is 3.32. The minimum absolute atomic E-state index is 0.0878. The number of carbonyl (C=O) groups excluding carboxylic acids is 2. The predicted molar refractivity (Wildman–Crippen MR) is 52.7 cm³/mol. The lowest BCUT2D eigenvalue weighted by atomic mass is 9.95. The highest BCUT2D eigenvalue weighted by Crippen LogP contribution is 2.19. The molecule has 0 fully saturated rings. The monoisotopic (exact) mass is 196 g/mol. The molecule has 0 aliphatic heterocycles. The van der Waals surface area contributed by atoms with Crippen molar-refractivity contribution in [2.45, 2.75) is 39.2 Å². The molecule has 14 heavy (non-hydrogen) atoms. The van der Waals surface area contributed by atoms with Crippen LogP contribution in [0.2, 0.25) is 0 Å². The molecule has 0 heterocycles. The number of carbonyl (C=O) groups is 2. The summed E-state index contributed by atoms with van der Waals surface area (Å²) in [5.74, 6) is -0.391. The normalized spacial score (nSPS) is 22.2. The van der Waals surface area contributed by atoms with Gasteiger partial charge in [0.15, 0.2) is 5.78 Å². The van der Waals surface area contributed by atoms with Gasteiger partial charge in [-0.1, -0.05) is 6.08 Å². The van der Waals surface area contributed by atoms with Crippen molar-refractivity contribution in [2.24, 2.45) is 5.92 Å². The summed E-state index contributed by atoms with van der Waals surface area (Å²) in [6.07, 6.45) is 4.13. The summed E-state index contributed by atoms with van der Waals surface area (Å²) in [5.41, 5.74) is -0.452. The van der Waals surface area contributed by atoms with Crippen molar-refractivity contribution in [3.63, 3.8) is 0 Å². The summed E-state index contributed by atoms with van der Waals surface area (Å²) >= 11 is 0. The first kappa shape index (κ1) is 11.0. The molecular weight excluding hydrogens is 180 g/mol. The van der Waals surface area contributed by atoms with Gasteiger partial charge in [-0.25, -0.2) is 0 Å². The first-order valence-corrected chi connectivity index (χ1v) is 4.82. The molecule has 0 aromatic carbocycles. The highest BCUT2D eigenvalue weighted by atomic mass is 16.6. The lowest BCUT2D eigenvalue weighted by Gasteiger charge is -2.23. The zero-order valence-electron chi connectivity index (χ0n) is 8.87. The fraction of sp³-hybridized carbons (Fsp3) is 0.636. The van der Waals surface area contributed by atoms with Crippen molar-refractivity contribution in [1.29, 1.82) is 0 Å². The van der Waals surface area contributed by atoms with Crippen LogP contribution in [-0.2, 0) is 14.3 Å². The highest BCUT2D eigenvalue weighted by molar-refractivity contribution is 5.92. The fourth-order valence-corrected chi connectivity index (χ4v) is 1.27. The van der Waals surface area contributed by atoms with Crippen LogP contribution in [0.15, 0.2) is 12.2 Å². The maximum absolute atomic E-state index is 11.5. The molecule has 1 atom stereocenters. The van der Waals surface area contributed by atoms with Crippen LogP contribution in [0.1, 0.15) is 33.6 Å². The summed E-state index contributed by atoms with van der Waals surface area (Å²) in [7, 11) is 0. The van der Waals surface area contributed by atoms with Crippen molar-refractivity contribution in [1.82, 2.24) is 0 Å². The van der Waals surface area contributed by atoms with Gasteiger partial charge in [0.05, 0.1) is 5.92 Å². The number of allylic oxidation sites excluding steroid dienone is 1. The first-order chi connectivity index (χ1) is 6.38. The van der Waals surface area contributed by atoms with Gasteiger partial charge in [0, 0.05) is 6.42 Å². The average Bonchev–Trinajstić information content (AvgIpc) is 2.02. The molecule has 1 aliphatic rings. The van der Waals surface area contributed by atoms with E-state index in [4.69, 9.17) is 4.74 Å². The van der Waals surface area contributed by atoms with Gasteiger partial charge in [-0.05, 0) is 33.3 Å². The maximum atomic E-state index is 11.5. The lowest BCUT2D eigenvalue weighted by molar-refractivity contribution is -0.158. The molecular formula is C11H16O3. The van der Waals surface area contributed by atoms with Crippen LogP contribution < -0.4 is 0 Å². The molecule has 0 aromatic heterocycles. The molecule has 0 N–H and O–H groups in total. The Bertz CT molecular complexity index is 271. The second-order valence-corrected chi connectivity index (χ2v) is 4.50. The second kappa shape index (κ2) is 3.95. The van der Waals surface area contributed by atoms with Crippen LogP contribution in [0.25, 0.3) is 0 Å². The summed E-state index contributed by atoms with van der Waals surface area (Å²) in [6.45, 7) is 5.51. The minimum Gasteiger partial charge on any atom is -0.460 e. The van der Waals surface area contributed by atoms with Gasteiger partial charge in [0.2, 0.25) is 0 Å². The molecule has 0 radical (unpaired) electrons. The Morgan fingerprint density at radius 2 is 2.14 bits per heavy atom. The van der Waals surface area contributed by atoms with Crippen LogP contribution in [0.4, 0.5) is 0 Å². The Hall–Kier alpha value is -1.12. The van der Waals surface area contributed by atoms with Gasteiger partial charge in [0.1, 0.15) is 5.60 Å². The van der Waals surface area contributed by atoms with Gasteiger partial charge in [-0.3, -0.25) is 9.59 Å². The van der Waals surface area contributed by atoms with Gasteiger partial charge in [-0.2, -0.15) is 0 Å². The van der Waals surface area contributed by atoms with Crippen molar-refractivity contribution in [3.8, 4) is 0 Å². The van der Waals surface area contributed by atoms with E-state index in [1.54, 1.807) is 6.08 Å². The third-order valence-electron chi connectivity index (χ3n) is 1.93. The fourth-order valence-electron chi connectivity index (χ4n) is 1.27. The molecule has 0 spiro atoms. The van der Waals surface area contributed by atoms with E-state index in [0.29, 0.717) is 12.8 Å². The molecule has 3 nitrogen and oxygen atoms in total. The molecule has 0 amide bonds. The Labute approximate surface area is 84.1 Å². The smallest absolute Gasteiger partial charge is 0.313 e. The number of ether oxygens (including phenoxy) is 1.